The number of carbonyl (C=O) groups is 2. The second-order valence-corrected chi connectivity index (χ2v) is 7.82. The topological polar surface area (TPSA) is 107 Å². The van der Waals surface area contributed by atoms with Crippen LogP contribution >= 0.6 is 15.9 Å². The summed E-state index contributed by atoms with van der Waals surface area (Å²) in [6.45, 7) is 3.74. The summed E-state index contributed by atoms with van der Waals surface area (Å²) in [4.78, 5) is 30.6. The highest BCUT2D eigenvalue weighted by atomic mass is 79.9. The highest BCUT2D eigenvalue weighted by Gasteiger charge is 2.24. The van der Waals surface area contributed by atoms with Gasteiger partial charge in [0.25, 0.3) is 5.91 Å². The van der Waals surface area contributed by atoms with E-state index in [0.29, 0.717) is 40.4 Å². The average molecular weight is 477 g/mol. The SMILES string of the molecule is CCOc1c(Br)cc(C(=O)Nc2ccc(N3CCCC(C(N)=O)C3)nc2)cc1OC. The normalized spacial score (nSPS) is 16.1. The summed E-state index contributed by atoms with van der Waals surface area (Å²) >= 11 is 3.43. The Labute approximate surface area is 183 Å². The predicted molar refractivity (Wildman–Crippen MR) is 118 cm³/mol. The van der Waals surface area contributed by atoms with Gasteiger partial charge in [0.2, 0.25) is 5.91 Å². The van der Waals surface area contributed by atoms with Gasteiger partial charge in [-0.25, -0.2) is 4.98 Å². The molecule has 0 spiro atoms. The molecule has 1 unspecified atom stereocenters. The van der Waals surface area contributed by atoms with Crippen LogP contribution in [-0.4, -0.2) is 43.6 Å². The van der Waals surface area contributed by atoms with E-state index in [4.69, 9.17) is 15.2 Å². The van der Waals surface area contributed by atoms with Crippen molar-refractivity contribution in [2.45, 2.75) is 19.8 Å². The molecule has 30 heavy (non-hydrogen) atoms. The third-order valence-corrected chi connectivity index (χ3v) is 5.52. The summed E-state index contributed by atoms with van der Waals surface area (Å²) < 4.78 is 11.5. The molecule has 9 heteroatoms. The molecule has 0 aliphatic carbocycles. The van der Waals surface area contributed by atoms with E-state index in [1.807, 2.05) is 17.9 Å². The number of anilines is 2. The summed E-state index contributed by atoms with van der Waals surface area (Å²) in [6.07, 6.45) is 3.30. The second kappa shape index (κ2) is 9.80. The van der Waals surface area contributed by atoms with Crippen molar-refractivity contribution < 1.29 is 19.1 Å². The number of nitrogens with one attached hydrogen (secondary N) is 1. The molecule has 0 radical (unpaired) electrons. The molecule has 0 bridgehead atoms. The number of carbonyl (C=O) groups excluding carboxylic acids is 2. The van der Waals surface area contributed by atoms with Gasteiger partial charge in [0.1, 0.15) is 5.82 Å². The summed E-state index contributed by atoms with van der Waals surface area (Å²) in [7, 11) is 1.53. The van der Waals surface area contributed by atoms with E-state index in [0.717, 1.165) is 25.2 Å². The fourth-order valence-corrected chi connectivity index (χ4v) is 3.96. The summed E-state index contributed by atoms with van der Waals surface area (Å²) in [5, 5.41) is 2.83. The molecule has 2 heterocycles. The largest absolute Gasteiger partial charge is 0.493 e. The number of nitrogens with zero attached hydrogens (tertiary/aromatic N) is 2. The highest BCUT2D eigenvalue weighted by Crippen LogP contribution is 2.36. The molecule has 1 aromatic carbocycles. The molecule has 0 saturated carbocycles. The van der Waals surface area contributed by atoms with E-state index in [9.17, 15) is 9.59 Å². The van der Waals surface area contributed by atoms with Crippen LogP contribution in [0, 0.1) is 5.92 Å². The van der Waals surface area contributed by atoms with Crippen LogP contribution in [0.3, 0.4) is 0 Å². The van der Waals surface area contributed by atoms with E-state index in [-0.39, 0.29) is 17.7 Å². The Morgan fingerprint density at radius 2 is 2.17 bits per heavy atom. The molecule has 1 atom stereocenters. The van der Waals surface area contributed by atoms with Crippen molar-refractivity contribution in [2.24, 2.45) is 11.7 Å². The van der Waals surface area contributed by atoms with Crippen molar-refractivity contribution >= 4 is 39.2 Å². The third-order valence-electron chi connectivity index (χ3n) is 4.93. The molecule has 1 saturated heterocycles. The third kappa shape index (κ3) is 5.02. The number of rotatable bonds is 7. The number of benzene rings is 1. The number of ether oxygens (including phenoxy) is 2. The molecule has 1 aromatic heterocycles. The number of hydrogen-bond acceptors (Lipinski definition) is 6. The number of pyridine rings is 1. The number of primary amides is 1. The van der Waals surface area contributed by atoms with Crippen LogP contribution in [0.15, 0.2) is 34.9 Å². The minimum atomic E-state index is -0.293. The van der Waals surface area contributed by atoms with Crippen LogP contribution in [0.2, 0.25) is 0 Å². The number of hydrogen-bond donors (Lipinski definition) is 2. The van der Waals surface area contributed by atoms with Gasteiger partial charge in [0.15, 0.2) is 11.5 Å². The number of methoxy groups -OCH3 is 1. The maximum Gasteiger partial charge on any atom is 0.255 e. The smallest absolute Gasteiger partial charge is 0.255 e. The second-order valence-electron chi connectivity index (χ2n) is 6.97. The van der Waals surface area contributed by atoms with E-state index in [1.54, 1.807) is 24.4 Å². The quantitative estimate of drug-likeness (QED) is 0.635. The van der Waals surface area contributed by atoms with Crippen LogP contribution in [-0.2, 0) is 4.79 Å². The molecule has 8 nitrogen and oxygen atoms in total. The Balaban J connectivity index is 1.70. The first kappa shape index (κ1) is 21.9. The maximum absolute atomic E-state index is 12.7. The number of amides is 2. The maximum atomic E-state index is 12.7. The minimum absolute atomic E-state index is 0.159. The zero-order valence-corrected chi connectivity index (χ0v) is 18.6. The van der Waals surface area contributed by atoms with Gasteiger partial charge in [-0.2, -0.15) is 0 Å². The van der Waals surface area contributed by atoms with Crippen molar-refractivity contribution in [2.75, 3.05) is 37.0 Å². The van der Waals surface area contributed by atoms with Crippen LogP contribution < -0.4 is 25.4 Å². The van der Waals surface area contributed by atoms with Crippen LogP contribution in [0.4, 0.5) is 11.5 Å². The Morgan fingerprint density at radius 1 is 1.37 bits per heavy atom. The standard InChI is InChI=1S/C21H25BrN4O4/c1-3-30-19-16(22)9-14(10-17(19)29-2)21(28)25-15-6-7-18(24-11-15)26-8-4-5-13(12-26)20(23)27/h6-7,9-11,13H,3-5,8,12H2,1-2H3,(H2,23,27)(H,25,28). The molecule has 160 valence electrons. The lowest BCUT2D eigenvalue weighted by Crippen LogP contribution is -2.41. The Bertz CT molecular complexity index is 920. The van der Waals surface area contributed by atoms with E-state index < -0.39 is 0 Å². The van der Waals surface area contributed by atoms with Crippen molar-refractivity contribution in [1.82, 2.24) is 4.98 Å². The summed E-state index contributed by atoms with van der Waals surface area (Å²) in [6, 6.07) is 6.93. The fourth-order valence-electron chi connectivity index (χ4n) is 3.40. The fraction of sp³-hybridized carbons (Fsp3) is 0.381. The molecular weight excluding hydrogens is 452 g/mol. The van der Waals surface area contributed by atoms with Crippen LogP contribution in [0.25, 0.3) is 0 Å². The monoisotopic (exact) mass is 476 g/mol. The molecule has 1 aliphatic heterocycles. The first-order valence-electron chi connectivity index (χ1n) is 9.75. The first-order chi connectivity index (χ1) is 14.4. The van der Waals surface area contributed by atoms with Gasteiger partial charge in [-0.05, 0) is 60.0 Å². The average Bonchev–Trinajstić information content (AvgIpc) is 2.75. The number of halogens is 1. The van der Waals surface area contributed by atoms with Crippen molar-refractivity contribution in [3.63, 3.8) is 0 Å². The van der Waals surface area contributed by atoms with Crippen LogP contribution in [0.1, 0.15) is 30.1 Å². The summed E-state index contributed by atoms with van der Waals surface area (Å²) in [5.41, 5.74) is 6.43. The van der Waals surface area contributed by atoms with Gasteiger partial charge in [0, 0.05) is 18.7 Å². The molecule has 2 aromatic rings. The van der Waals surface area contributed by atoms with Gasteiger partial charge < -0.3 is 25.4 Å². The van der Waals surface area contributed by atoms with E-state index >= 15 is 0 Å². The highest BCUT2D eigenvalue weighted by molar-refractivity contribution is 9.10. The lowest BCUT2D eigenvalue weighted by Gasteiger charge is -2.32. The van der Waals surface area contributed by atoms with Gasteiger partial charge >= 0.3 is 0 Å². The van der Waals surface area contributed by atoms with Crippen molar-refractivity contribution in [3.8, 4) is 11.5 Å². The number of aromatic nitrogens is 1. The molecule has 1 aliphatic rings. The Hall–Kier alpha value is -2.81. The van der Waals surface area contributed by atoms with Crippen molar-refractivity contribution in [1.29, 1.82) is 0 Å². The van der Waals surface area contributed by atoms with Gasteiger partial charge in [0.05, 0.1) is 36.0 Å². The number of nitrogens with two attached hydrogens (primary N) is 1. The molecule has 2 amide bonds. The Kier molecular flexibility index (Phi) is 7.15. The van der Waals surface area contributed by atoms with Gasteiger partial charge in [-0.3, -0.25) is 9.59 Å². The van der Waals surface area contributed by atoms with Crippen molar-refractivity contribution in [3.05, 3.63) is 40.5 Å². The first-order valence-corrected chi connectivity index (χ1v) is 10.5. The van der Waals surface area contributed by atoms with Gasteiger partial charge in [-0.1, -0.05) is 0 Å². The minimum Gasteiger partial charge on any atom is -0.493 e. The van der Waals surface area contributed by atoms with E-state index in [1.165, 1.54) is 7.11 Å². The number of piperidine rings is 1. The van der Waals surface area contributed by atoms with E-state index in [2.05, 4.69) is 26.2 Å². The summed E-state index contributed by atoms with van der Waals surface area (Å²) in [5.74, 6) is 1.05. The molecule has 3 N–H and O–H groups in total. The molecule has 1 fully saturated rings. The zero-order chi connectivity index (χ0) is 21.7. The lowest BCUT2D eigenvalue weighted by atomic mass is 9.97. The molecule has 3 rings (SSSR count). The zero-order valence-electron chi connectivity index (χ0n) is 17.0. The Morgan fingerprint density at radius 3 is 2.80 bits per heavy atom. The predicted octanol–water partition coefficient (Wildman–Crippen LogP) is 3.21. The van der Waals surface area contributed by atoms with Crippen LogP contribution in [0.5, 0.6) is 11.5 Å². The lowest BCUT2D eigenvalue weighted by molar-refractivity contribution is -0.122. The van der Waals surface area contributed by atoms with Gasteiger partial charge in [-0.15, -0.1) is 0 Å². The molecular formula is C21H25BrN4O4.